The highest BCUT2D eigenvalue weighted by atomic mass is 32.1. The van der Waals surface area contributed by atoms with Crippen LogP contribution < -0.4 is 5.32 Å². The number of hydrogen-bond acceptors (Lipinski definition) is 3. The molecule has 9 heavy (non-hydrogen) atoms. The first-order valence-electron chi connectivity index (χ1n) is 2.18. The summed E-state index contributed by atoms with van der Waals surface area (Å²) in [6, 6.07) is 0.197. The summed E-state index contributed by atoms with van der Waals surface area (Å²) in [5.41, 5.74) is 0. The van der Waals surface area contributed by atoms with E-state index in [4.69, 9.17) is 5.11 Å². The van der Waals surface area contributed by atoms with Crippen molar-refractivity contribution in [3.8, 4) is 0 Å². The van der Waals surface area contributed by atoms with Crippen LogP contribution in [0.15, 0.2) is 16.9 Å². The second-order valence-electron chi connectivity index (χ2n) is 1.27. The molecule has 0 aliphatic carbocycles. The van der Waals surface area contributed by atoms with Gasteiger partial charge >= 0.3 is 6.01 Å². The maximum Gasteiger partial charge on any atom is 0.302 e. The molecular formula is C4H4N2O2S. The molecule has 5 heteroatoms. The van der Waals surface area contributed by atoms with Crippen molar-refractivity contribution in [1.29, 1.82) is 0 Å². The Morgan fingerprint density at radius 3 is 3.11 bits per heavy atom. The number of aromatic nitrogens is 1. The zero-order valence-corrected chi connectivity index (χ0v) is 5.18. The minimum absolute atomic E-state index is 0.197. The van der Waals surface area contributed by atoms with Crippen LogP contribution in [0.25, 0.3) is 0 Å². The Bertz CT molecular complexity index is 196. The molecule has 0 radical (unpaired) electrons. The quantitative estimate of drug-likeness (QED) is 0.574. The van der Waals surface area contributed by atoms with Crippen LogP contribution in [-0.4, -0.2) is 15.3 Å². The second-order valence-corrected chi connectivity index (χ2v) is 1.65. The molecule has 0 unspecified atom stereocenters. The van der Waals surface area contributed by atoms with E-state index in [0.717, 1.165) is 0 Å². The van der Waals surface area contributed by atoms with Crippen molar-refractivity contribution in [1.82, 2.24) is 4.98 Å². The van der Waals surface area contributed by atoms with Gasteiger partial charge in [0.2, 0.25) is 0 Å². The van der Waals surface area contributed by atoms with Gasteiger partial charge in [0.15, 0.2) is 0 Å². The van der Waals surface area contributed by atoms with Crippen LogP contribution in [0.2, 0.25) is 0 Å². The zero-order valence-electron chi connectivity index (χ0n) is 4.37. The molecule has 0 amide bonds. The lowest BCUT2D eigenvalue weighted by Crippen LogP contribution is -2.06. The van der Waals surface area contributed by atoms with Crippen LogP contribution in [0.5, 0.6) is 0 Å². The predicted molar refractivity (Wildman–Crippen MR) is 35.4 cm³/mol. The number of oxazole rings is 1. The van der Waals surface area contributed by atoms with E-state index in [1.165, 1.54) is 12.5 Å². The smallest absolute Gasteiger partial charge is 0.302 e. The van der Waals surface area contributed by atoms with Crippen molar-refractivity contribution in [3.63, 3.8) is 0 Å². The number of aliphatic hydroxyl groups is 1. The third-order valence-corrected chi connectivity index (χ3v) is 0.748. The highest BCUT2D eigenvalue weighted by Crippen LogP contribution is 1.99. The van der Waals surface area contributed by atoms with E-state index in [1.807, 2.05) is 0 Å². The summed E-state index contributed by atoms with van der Waals surface area (Å²) in [5, 5.41) is 10.4. The average molecular weight is 144 g/mol. The first-order valence-corrected chi connectivity index (χ1v) is 2.59. The number of thiocarbonyl (C=S) groups is 1. The van der Waals surface area contributed by atoms with Gasteiger partial charge in [0.05, 0.1) is 6.20 Å². The van der Waals surface area contributed by atoms with Crippen molar-refractivity contribution in [2.24, 2.45) is 0 Å². The van der Waals surface area contributed by atoms with Crippen LogP contribution in [0, 0.1) is 0 Å². The number of aliphatic hydroxyl groups excluding tert-OH is 1. The second kappa shape index (κ2) is 2.45. The Balaban J connectivity index is 2.58. The van der Waals surface area contributed by atoms with Crippen molar-refractivity contribution in [3.05, 3.63) is 12.5 Å². The molecule has 0 spiro atoms. The molecule has 48 valence electrons. The number of rotatable bonds is 1. The number of nitrogens with one attached hydrogen (secondary N) is 1. The van der Waals surface area contributed by atoms with Gasteiger partial charge in [0, 0.05) is 0 Å². The highest BCUT2D eigenvalue weighted by Gasteiger charge is 1.95. The lowest BCUT2D eigenvalue weighted by Gasteiger charge is -1.91. The molecule has 4 nitrogen and oxygen atoms in total. The summed E-state index contributed by atoms with van der Waals surface area (Å²) < 4.78 is 4.67. The molecule has 0 saturated carbocycles. The maximum absolute atomic E-state index is 8.44. The van der Waals surface area contributed by atoms with Crippen molar-refractivity contribution < 1.29 is 9.52 Å². The van der Waals surface area contributed by atoms with Crippen molar-refractivity contribution in [2.45, 2.75) is 0 Å². The van der Waals surface area contributed by atoms with E-state index in [9.17, 15) is 0 Å². The van der Waals surface area contributed by atoms with Gasteiger partial charge in [-0.05, 0) is 12.2 Å². The molecule has 0 bridgehead atoms. The first kappa shape index (κ1) is 6.03. The van der Waals surface area contributed by atoms with Gasteiger partial charge in [0.25, 0.3) is 5.17 Å². The van der Waals surface area contributed by atoms with E-state index in [-0.39, 0.29) is 11.2 Å². The molecule has 0 aliphatic rings. The van der Waals surface area contributed by atoms with E-state index >= 15 is 0 Å². The fourth-order valence-corrected chi connectivity index (χ4v) is 0.464. The number of hydrogen-bond donors (Lipinski definition) is 2. The Morgan fingerprint density at radius 1 is 1.89 bits per heavy atom. The molecule has 1 aromatic heterocycles. The minimum Gasteiger partial charge on any atom is -0.486 e. The predicted octanol–water partition coefficient (Wildman–Crippen LogP) is 0.929. The van der Waals surface area contributed by atoms with Gasteiger partial charge in [-0.25, -0.2) is 4.98 Å². The monoisotopic (exact) mass is 144 g/mol. The fraction of sp³-hybridized carbons (Fsp3) is 0. The largest absolute Gasteiger partial charge is 0.486 e. The van der Waals surface area contributed by atoms with E-state index in [1.54, 1.807) is 0 Å². The van der Waals surface area contributed by atoms with Gasteiger partial charge in [-0.15, -0.1) is 0 Å². The van der Waals surface area contributed by atoms with Crippen LogP contribution in [-0.2, 0) is 0 Å². The zero-order chi connectivity index (χ0) is 6.69. The van der Waals surface area contributed by atoms with Gasteiger partial charge < -0.3 is 9.52 Å². The third kappa shape index (κ3) is 1.69. The van der Waals surface area contributed by atoms with Crippen molar-refractivity contribution in [2.75, 3.05) is 5.32 Å². The van der Waals surface area contributed by atoms with Gasteiger partial charge in [-0.3, -0.25) is 5.32 Å². The number of anilines is 1. The molecule has 0 aliphatic heterocycles. The van der Waals surface area contributed by atoms with E-state index < -0.39 is 0 Å². The summed E-state index contributed by atoms with van der Waals surface area (Å²) in [4.78, 5) is 3.63. The molecule has 0 fully saturated rings. The number of nitrogens with zero attached hydrogens (tertiary/aromatic N) is 1. The molecule has 0 saturated heterocycles. The Hall–Kier alpha value is -1.10. The van der Waals surface area contributed by atoms with Crippen molar-refractivity contribution >= 4 is 23.4 Å². The van der Waals surface area contributed by atoms with Gasteiger partial charge in [-0.1, -0.05) is 0 Å². The lowest BCUT2D eigenvalue weighted by molar-refractivity contribution is 0.547. The first-order chi connectivity index (χ1) is 4.29. The average Bonchev–Trinajstić information content (AvgIpc) is 2.15. The van der Waals surface area contributed by atoms with Gasteiger partial charge in [-0.2, -0.15) is 0 Å². The Morgan fingerprint density at radius 2 is 2.67 bits per heavy atom. The lowest BCUT2D eigenvalue weighted by atomic mass is 11.0. The normalized spacial score (nSPS) is 8.89. The molecule has 1 heterocycles. The summed E-state index contributed by atoms with van der Waals surface area (Å²) in [6.07, 6.45) is 2.82. The molecule has 2 N–H and O–H groups in total. The molecule has 0 atom stereocenters. The SMILES string of the molecule is OC(=S)Nc1ncco1. The third-order valence-electron chi connectivity index (χ3n) is 0.646. The Kier molecular flexibility index (Phi) is 1.64. The van der Waals surface area contributed by atoms with Gasteiger partial charge in [0.1, 0.15) is 6.26 Å². The van der Waals surface area contributed by atoms with Crippen LogP contribution in [0.4, 0.5) is 6.01 Å². The van der Waals surface area contributed by atoms with Crippen LogP contribution in [0.3, 0.4) is 0 Å². The topological polar surface area (TPSA) is 58.3 Å². The summed E-state index contributed by atoms with van der Waals surface area (Å²) in [6.45, 7) is 0. The summed E-state index contributed by atoms with van der Waals surface area (Å²) in [7, 11) is 0. The minimum atomic E-state index is -0.350. The van der Waals surface area contributed by atoms with E-state index in [2.05, 4.69) is 26.9 Å². The van der Waals surface area contributed by atoms with Crippen LogP contribution >= 0.6 is 12.2 Å². The maximum atomic E-state index is 8.44. The fourth-order valence-electron chi connectivity index (χ4n) is 0.377. The highest BCUT2D eigenvalue weighted by molar-refractivity contribution is 7.80. The summed E-state index contributed by atoms with van der Waals surface area (Å²) in [5.74, 6) is 0. The van der Waals surface area contributed by atoms with Crippen LogP contribution in [0.1, 0.15) is 0 Å². The van der Waals surface area contributed by atoms with E-state index in [0.29, 0.717) is 0 Å². The molecule has 1 aromatic rings. The Labute approximate surface area is 56.5 Å². The molecular weight excluding hydrogens is 140 g/mol. The standard InChI is InChI=1S/C4H4N2O2S/c7-4(9)6-3-5-1-2-8-3/h1-2H,(H2,5,6,7,9). The molecule has 0 aromatic carbocycles. The summed E-state index contributed by atoms with van der Waals surface area (Å²) >= 11 is 4.29. The molecule has 1 rings (SSSR count).